The molecule has 0 radical (unpaired) electrons. The van der Waals surface area contributed by atoms with E-state index < -0.39 is 10.0 Å². The highest BCUT2D eigenvalue weighted by atomic mass is 35.5. The molecule has 10 nitrogen and oxygen atoms in total. The van der Waals surface area contributed by atoms with E-state index in [-0.39, 0.29) is 5.75 Å². The van der Waals surface area contributed by atoms with E-state index in [4.69, 9.17) is 16.6 Å². The maximum Gasteiger partial charge on any atom is 0.229 e. The van der Waals surface area contributed by atoms with Crippen LogP contribution in [0.5, 0.6) is 0 Å². The second-order valence-corrected chi connectivity index (χ2v) is 12.0. The monoisotopic (exact) mass is 590 g/mol. The van der Waals surface area contributed by atoms with Crippen LogP contribution in [0.15, 0.2) is 79.0 Å². The van der Waals surface area contributed by atoms with Crippen LogP contribution in [0.25, 0.3) is 11.0 Å². The number of nitrogens with zero attached hydrogens (tertiary/aromatic N) is 5. The van der Waals surface area contributed by atoms with Gasteiger partial charge in [-0.3, -0.25) is 0 Å². The van der Waals surface area contributed by atoms with Crippen molar-refractivity contribution < 1.29 is 8.42 Å². The number of aromatic nitrogens is 4. The number of halogens is 1. The quantitative estimate of drug-likeness (QED) is 0.191. The highest BCUT2D eigenvalue weighted by Crippen LogP contribution is 2.28. The minimum absolute atomic E-state index is 0.0410. The van der Waals surface area contributed by atoms with E-state index in [2.05, 4.69) is 25.3 Å². The van der Waals surface area contributed by atoms with Gasteiger partial charge >= 0.3 is 0 Å². The molecule has 0 saturated carbocycles. The fourth-order valence-electron chi connectivity index (χ4n) is 4.30. The number of hydrogen-bond acceptors (Lipinski definition) is 8. The predicted molar refractivity (Wildman–Crippen MR) is 166 cm³/mol. The lowest BCUT2D eigenvalue weighted by Crippen LogP contribution is -2.23. The fraction of sp³-hybridized carbons (Fsp3) is 0.207. The number of aryl methyl sites for hydroxylation is 2. The zero-order valence-electron chi connectivity index (χ0n) is 23.0. The largest absolute Gasteiger partial charge is 0.352 e. The third-order valence-electron chi connectivity index (χ3n) is 6.78. The van der Waals surface area contributed by atoms with E-state index in [9.17, 15) is 8.42 Å². The summed E-state index contributed by atoms with van der Waals surface area (Å²) in [6.45, 7) is 0.638. The van der Waals surface area contributed by atoms with Crippen LogP contribution in [0, 0.1) is 0 Å². The summed E-state index contributed by atoms with van der Waals surface area (Å²) >= 11 is 6.00. The van der Waals surface area contributed by atoms with Gasteiger partial charge in [0.05, 0.1) is 16.8 Å². The van der Waals surface area contributed by atoms with Crippen LogP contribution >= 0.6 is 11.6 Å². The number of rotatable bonds is 11. The molecule has 0 bridgehead atoms. The lowest BCUT2D eigenvalue weighted by Gasteiger charge is -2.19. The highest BCUT2D eigenvalue weighted by molar-refractivity contribution is 7.89. The van der Waals surface area contributed by atoms with E-state index >= 15 is 0 Å². The van der Waals surface area contributed by atoms with Gasteiger partial charge in [-0.05, 0) is 73.1 Å². The second kappa shape index (κ2) is 12.1. The average molecular weight is 591 g/mol. The van der Waals surface area contributed by atoms with Crippen molar-refractivity contribution in [3.8, 4) is 0 Å². The third-order valence-corrected chi connectivity index (χ3v) is 8.40. The van der Waals surface area contributed by atoms with Gasteiger partial charge in [0.15, 0.2) is 0 Å². The summed E-state index contributed by atoms with van der Waals surface area (Å²) in [5.41, 5.74) is 5.66. The summed E-state index contributed by atoms with van der Waals surface area (Å²) in [4.78, 5) is 15.8. The summed E-state index contributed by atoms with van der Waals surface area (Å²) in [5.74, 6) is 1.98. The molecule has 5 aromatic rings. The van der Waals surface area contributed by atoms with Gasteiger partial charge in [0, 0.05) is 43.2 Å². The first kappa shape index (κ1) is 28.3. The van der Waals surface area contributed by atoms with Crippen LogP contribution in [-0.4, -0.2) is 47.8 Å². The molecule has 0 amide bonds. The van der Waals surface area contributed by atoms with Crippen LogP contribution in [0.4, 0.5) is 29.1 Å². The van der Waals surface area contributed by atoms with Gasteiger partial charge in [-0.15, -0.1) is 0 Å². The third kappa shape index (κ3) is 6.94. The summed E-state index contributed by atoms with van der Waals surface area (Å²) in [5, 5.41) is 7.34. The highest BCUT2D eigenvalue weighted by Gasteiger charge is 2.13. The molecule has 2 aromatic heterocycles. The molecule has 3 aromatic carbocycles. The number of fused-ring (bicyclic) bond motifs is 1. The SMILES string of the molecule is CNS(=O)(=O)CCc1ccc(Nc2nccc(N(C)c3ccc4c(c3)nc(NCc3ccc(Cl)cc3)n4C)n2)cc1. The lowest BCUT2D eigenvalue weighted by molar-refractivity contribution is 0.587. The number of sulfonamides is 1. The Balaban J connectivity index is 1.27. The molecule has 0 saturated heterocycles. The van der Waals surface area contributed by atoms with Gasteiger partial charge in [-0.1, -0.05) is 35.9 Å². The van der Waals surface area contributed by atoms with Gasteiger partial charge in [0.1, 0.15) is 5.82 Å². The van der Waals surface area contributed by atoms with E-state index in [0.717, 1.165) is 39.5 Å². The number of anilines is 5. The van der Waals surface area contributed by atoms with Crippen LogP contribution < -0.4 is 20.3 Å². The van der Waals surface area contributed by atoms with Crippen LogP contribution in [0.3, 0.4) is 0 Å². The lowest BCUT2D eigenvalue weighted by atomic mass is 10.1. The van der Waals surface area contributed by atoms with Crippen molar-refractivity contribution in [1.82, 2.24) is 24.2 Å². The van der Waals surface area contributed by atoms with E-state index in [1.165, 1.54) is 7.05 Å². The average Bonchev–Trinajstić information content (AvgIpc) is 3.30. The maximum absolute atomic E-state index is 11.7. The van der Waals surface area contributed by atoms with Crippen molar-refractivity contribution in [2.45, 2.75) is 13.0 Å². The summed E-state index contributed by atoms with van der Waals surface area (Å²) < 4.78 is 27.7. The van der Waals surface area contributed by atoms with E-state index in [1.54, 1.807) is 6.20 Å². The van der Waals surface area contributed by atoms with Crippen molar-refractivity contribution >= 4 is 61.7 Å². The maximum atomic E-state index is 11.7. The van der Waals surface area contributed by atoms with Gasteiger partial charge in [0.2, 0.25) is 21.9 Å². The Morgan fingerprint density at radius 2 is 1.68 bits per heavy atom. The van der Waals surface area contributed by atoms with Crippen molar-refractivity contribution in [2.75, 3.05) is 35.4 Å². The molecular formula is C29H31ClN8O2S. The molecule has 0 aliphatic carbocycles. The molecule has 12 heteroatoms. The first-order chi connectivity index (χ1) is 19.7. The summed E-state index contributed by atoms with van der Waals surface area (Å²) in [6.07, 6.45) is 2.14. The Morgan fingerprint density at radius 1 is 0.951 bits per heavy atom. The topological polar surface area (TPSA) is 117 Å². The van der Waals surface area contributed by atoms with Crippen LogP contribution in [0.2, 0.25) is 5.02 Å². The van der Waals surface area contributed by atoms with E-state index in [0.29, 0.717) is 29.8 Å². The zero-order chi connectivity index (χ0) is 29.0. The first-order valence-corrected chi connectivity index (χ1v) is 15.0. The number of nitrogens with one attached hydrogen (secondary N) is 3. The molecular weight excluding hydrogens is 560 g/mol. The van der Waals surface area contributed by atoms with Crippen LogP contribution in [0.1, 0.15) is 11.1 Å². The molecule has 212 valence electrons. The Labute approximate surface area is 244 Å². The Kier molecular flexibility index (Phi) is 8.39. The number of benzene rings is 3. The zero-order valence-corrected chi connectivity index (χ0v) is 24.5. The normalized spacial score (nSPS) is 11.5. The van der Waals surface area contributed by atoms with Gasteiger partial charge in [-0.25, -0.2) is 23.1 Å². The van der Waals surface area contributed by atoms with Gasteiger partial charge < -0.3 is 20.1 Å². The molecule has 5 rings (SSSR count). The predicted octanol–water partition coefficient (Wildman–Crippen LogP) is 5.23. The second-order valence-electron chi connectivity index (χ2n) is 9.54. The molecule has 41 heavy (non-hydrogen) atoms. The summed E-state index contributed by atoms with van der Waals surface area (Å²) in [6, 6.07) is 23.3. The summed E-state index contributed by atoms with van der Waals surface area (Å²) in [7, 11) is 2.11. The van der Waals surface area contributed by atoms with Crippen molar-refractivity contribution in [2.24, 2.45) is 7.05 Å². The molecule has 0 atom stereocenters. The minimum Gasteiger partial charge on any atom is -0.352 e. The molecule has 3 N–H and O–H groups in total. The minimum atomic E-state index is -3.24. The molecule has 0 aliphatic rings. The van der Waals surface area contributed by atoms with Crippen LogP contribution in [-0.2, 0) is 30.0 Å². The Bertz CT molecular complexity index is 1760. The Morgan fingerprint density at radius 3 is 2.41 bits per heavy atom. The smallest absolute Gasteiger partial charge is 0.229 e. The van der Waals surface area contributed by atoms with Crippen molar-refractivity contribution in [3.05, 3.63) is 95.1 Å². The first-order valence-electron chi connectivity index (χ1n) is 13.0. The standard InChI is InChI=1S/C29H31ClN8O2S/c1-31-41(39,40)17-15-20-6-10-23(11-7-20)34-28-32-16-14-27(36-28)37(2)24-12-13-26-25(18-24)35-29(38(26)3)33-19-21-4-8-22(30)9-5-21/h4-14,16,18,31H,15,17,19H2,1-3H3,(H,33,35)(H,32,34,36). The molecule has 2 heterocycles. The fourth-order valence-corrected chi connectivity index (χ4v) is 5.14. The molecule has 0 spiro atoms. The molecule has 0 unspecified atom stereocenters. The Hall–Kier alpha value is -4.19. The van der Waals surface area contributed by atoms with Gasteiger partial charge in [0.25, 0.3) is 0 Å². The van der Waals surface area contributed by atoms with Crippen molar-refractivity contribution in [3.63, 3.8) is 0 Å². The number of hydrogen-bond donors (Lipinski definition) is 3. The number of imidazole rings is 1. The molecule has 0 fully saturated rings. The van der Waals surface area contributed by atoms with Crippen molar-refractivity contribution in [1.29, 1.82) is 0 Å². The van der Waals surface area contributed by atoms with Gasteiger partial charge in [-0.2, -0.15) is 4.98 Å². The van der Waals surface area contributed by atoms with E-state index in [1.807, 2.05) is 96.4 Å². The molecule has 0 aliphatic heterocycles.